The Labute approximate surface area is 116 Å². The zero-order valence-electron chi connectivity index (χ0n) is 10.7. The molecule has 1 rings (SSSR count). The molecule has 0 aliphatic carbocycles. The average molecular weight is 321 g/mol. The number of hydrazine groups is 1. The molecule has 0 saturated carbocycles. The van der Waals surface area contributed by atoms with Crippen molar-refractivity contribution in [2.45, 2.75) is 39.3 Å². The molecule has 0 fully saturated rings. The predicted molar refractivity (Wildman–Crippen MR) is 78.2 cm³/mol. The summed E-state index contributed by atoms with van der Waals surface area (Å²) in [4.78, 5) is 0. The van der Waals surface area contributed by atoms with Gasteiger partial charge in [-0.15, -0.1) is 0 Å². The van der Waals surface area contributed by atoms with E-state index in [-0.39, 0.29) is 0 Å². The number of nitrogens with two attached hydrogens (primary N) is 1. The molecule has 0 aliphatic rings. The highest BCUT2D eigenvalue weighted by Crippen LogP contribution is 2.23. The fourth-order valence-electron chi connectivity index (χ4n) is 1.80. The van der Waals surface area contributed by atoms with Crippen molar-refractivity contribution >= 4 is 27.7 Å². The number of thioether (sulfide) groups is 1. The van der Waals surface area contributed by atoms with Crippen molar-refractivity contribution in [1.82, 2.24) is 15.2 Å². The van der Waals surface area contributed by atoms with E-state index in [0.29, 0.717) is 6.04 Å². The van der Waals surface area contributed by atoms with Crippen molar-refractivity contribution < 1.29 is 0 Å². The number of aryl methyl sites for hydroxylation is 2. The molecule has 0 aliphatic heterocycles. The summed E-state index contributed by atoms with van der Waals surface area (Å²) in [5.41, 5.74) is 5.17. The molecule has 1 unspecified atom stereocenters. The highest BCUT2D eigenvalue weighted by atomic mass is 79.9. The van der Waals surface area contributed by atoms with Crippen molar-refractivity contribution in [1.29, 1.82) is 0 Å². The number of aromatic nitrogens is 2. The first-order chi connectivity index (χ1) is 8.13. The molecular formula is C11H21BrN4S. The molecule has 0 amide bonds. The summed E-state index contributed by atoms with van der Waals surface area (Å²) in [6, 6.07) is 0.306. The van der Waals surface area contributed by atoms with Crippen LogP contribution in [0, 0.1) is 6.92 Å². The zero-order chi connectivity index (χ0) is 12.8. The van der Waals surface area contributed by atoms with E-state index in [9.17, 15) is 0 Å². The lowest BCUT2D eigenvalue weighted by molar-refractivity contribution is 0.489. The fraction of sp³-hybridized carbons (Fsp3) is 0.727. The van der Waals surface area contributed by atoms with Gasteiger partial charge in [-0.3, -0.25) is 16.0 Å². The number of rotatable bonds is 7. The van der Waals surface area contributed by atoms with E-state index >= 15 is 0 Å². The van der Waals surface area contributed by atoms with Gasteiger partial charge in [-0.1, -0.05) is 0 Å². The van der Waals surface area contributed by atoms with Gasteiger partial charge >= 0.3 is 0 Å². The van der Waals surface area contributed by atoms with Gasteiger partial charge in [0, 0.05) is 19.0 Å². The van der Waals surface area contributed by atoms with Crippen LogP contribution in [0.1, 0.15) is 24.7 Å². The Morgan fingerprint density at radius 3 is 2.82 bits per heavy atom. The van der Waals surface area contributed by atoms with Crippen LogP contribution in [-0.4, -0.2) is 27.8 Å². The van der Waals surface area contributed by atoms with E-state index in [2.05, 4.69) is 39.6 Å². The van der Waals surface area contributed by atoms with E-state index in [1.165, 1.54) is 5.69 Å². The molecule has 0 bridgehead atoms. The quantitative estimate of drug-likeness (QED) is 0.596. The summed E-state index contributed by atoms with van der Waals surface area (Å²) in [6.45, 7) is 5.02. The SMILES string of the molecule is CCn1nc(C)c(Br)c1CC(CCSC)NN. The maximum atomic E-state index is 5.61. The molecule has 17 heavy (non-hydrogen) atoms. The van der Waals surface area contributed by atoms with Gasteiger partial charge < -0.3 is 0 Å². The Morgan fingerprint density at radius 1 is 1.59 bits per heavy atom. The lowest BCUT2D eigenvalue weighted by atomic mass is 10.1. The Morgan fingerprint density at radius 2 is 2.29 bits per heavy atom. The summed E-state index contributed by atoms with van der Waals surface area (Å²) >= 11 is 5.46. The Balaban J connectivity index is 2.77. The highest BCUT2D eigenvalue weighted by Gasteiger charge is 2.16. The molecule has 1 aromatic heterocycles. The standard InChI is InChI=1S/C11H21BrN4S/c1-4-16-10(11(12)8(2)15-16)7-9(14-13)5-6-17-3/h9,14H,4-7,13H2,1-3H3. The Hall–Kier alpha value is -0.0400. The Kier molecular flexibility index (Phi) is 6.54. The number of nitrogens with zero attached hydrogens (tertiary/aromatic N) is 2. The van der Waals surface area contributed by atoms with Crippen LogP contribution in [-0.2, 0) is 13.0 Å². The van der Waals surface area contributed by atoms with Crippen LogP contribution in [0.5, 0.6) is 0 Å². The lowest BCUT2D eigenvalue weighted by Crippen LogP contribution is -2.37. The third-order valence-corrected chi connectivity index (χ3v) is 4.47. The zero-order valence-corrected chi connectivity index (χ0v) is 13.1. The van der Waals surface area contributed by atoms with E-state index < -0.39 is 0 Å². The molecule has 6 heteroatoms. The molecule has 1 aromatic rings. The minimum absolute atomic E-state index is 0.306. The topological polar surface area (TPSA) is 55.9 Å². The maximum absolute atomic E-state index is 5.61. The van der Waals surface area contributed by atoms with Gasteiger partial charge in [-0.2, -0.15) is 16.9 Å². The number of nitrogens with one attached hydrogen (secondary N) is 1. The van der Waals surface area contributed by atoms with E-state index in [1.807, 2.05) is 23.4 Å². The monoisotopic (exact) mass is 320 g/mol. The van der Waals surface area contributed by atoms with Gasteiger partial charge in [0.15, 0.2) is 0 Å². The summed E-state index contributed by atoms with van der Waals surface area (Å²) < 4.78 is 3.16. The van der Waals surface area contributed by atoms with Crippen molar-refractivity contribution in [3.63, 3.8) is 0 Å². The Bertz CT molecular complexity index is 353. The van der Waals surface area contributed by atoms with Crippen molar-refractivity contribution in [2.24, 2.45) is 5.84 Å². The molecular weight excluding hydrogens is 300 g/mol. The molecule has 3 N–H and O–H groups in total. The van der Waals surface area contributed by atoms with Crippen LogP contribution in [0.25, 0.3) is 0 Å². The molecule has 0 aromatic carbocycles. The number of halogens is 1. The van der Waals surface area contributed by atoms with Crippen LogP contribution in [0.15, 0.2) is 4.47 Å². The van der Waals surface area contributed by atoms with Gasteiger partial charge in [0.2, 0.25) is 0 Å². The summed E-state index contributed by atoms with van der Waals surface area (Å²) in [5, 5.41) is 4.49. The second-order valence-corrected chi connectivity index (χ2v) is 5.79. The van der Waals surface area contributed by atoms with E-state index in [4.69, 9.17) is 5.84 Å². The lowest BCUT2D eigenvalue weighted by Gasteiger charge is -2.16. The summed E-state index contributed by atoms with van der Waals surface area (Å²) in [6.07, 6.45) is 4.09. The van der Waals surface area contributed by atoms with E-state index in [1.54, 1.807) is 0 Å². The first kappa shape index (κ1) is 15.0. The highest BCUT2D eigenvalue weighted by molar-refractivity contribution is 9.10. The third kappa shape index (κ3) is 3.98. The van der Waals surface area contributed by atoms with Gasteiger partial charge in [-0.25, -0.2) is 0 Å². The fourth-order valence-corrected chi connectivity index (χ4v) is 2.77. The number of hydrogen-bond donors (Lipinski definition) is 2. The van der Waals surface area contributed by atoms with Crippen LogP contribution in [0.4, 0.5) is 0 Å². The van der Waals surface area contributed by atoms with Crippen LogP contribution >= 0.6 is 27.7 Å². The maximum Gasteiger partial charge on any atom is 0.0738 e. The molecule has 1 heterocycles. The molecule has 98 valence electrons. The van der Waals surface area contributed by atoms with Crippen molar-refractivity contribution in [3.05, 3.63) is 15.9 Å². The molecule has 4 nitrogen and oxygen atoms in total. The van der Waals surface area contributed by atoms with E-state index in [0.717, 1.165) is 35.3 Å². The molecule has 0 spiro atoms. The largest absolute Gasteiger partial charge is 0.271 e. The van der Waals surface area contributed by atoms with Gasteiger partial charge in [0.25, 0.3) is 0 Å². The van der Waals surface area contributed by atoms with Gasteiger partial charge in [-0.05, 0) is 48.2 Å². The minimum Gasteiger partial charge on any atom is -0.271 e. The smallest absolute Gasteiger partial charge is 0.0738 e. The van der Waals surface area contributed by atoms with Crippen molar-refractivity contribution in [3.8, 4) is 0 Å². The second kappa shape index (κ2) is 7.41. The van der Waals surface area contributed by atoms with Crippen molar-refractivity contribution in [2.75, 3.05) is 12.0 Å². The molecule has 1 atom stereocenters. The average Bonchev–Trinajstić information content (AvgIpc) is 2.61. The predicted octanol–water partition coefficient (Wildman–Crippen LogP) is 2.10. The summed E-state index contributed by atoms with van der Waals surface area (Å²) in [5.74, 6) is 6.72. The summed E-state index contributed by atoms with van der Waals surface area (Å²) in [7, 11) is 0. The second-order valence-electron chi connectivity index (χ2n) is 4.01. The van der Waals surface area contributed by atoms with Gasteiger partial charge in [0.05, 0.1) is 15.9 Å². The van der Waals surface area contributed by atoms with Crippen LogP contribution in [0.3, 0.4) is 0 Å². The van der Waals surface area contributed by atoms with Crippen LogP contribution < -0.4 is 11.3 Å². The third-order valence-electron chi connectivity index (χ3n) is 2.80. The molecule has 0 saturated heterocycles. The molecule has 0 radical (unpaired) electrons. The van der Waals surface area contributed by atoms with Crippen LogP contribution in [0.2, 0.25) is 0 Å². The first-order valence-electron chi connectivity index (χ1n) is 5.80. The normalized spacial score (nSPS) is 13.0. The first-order valence-corrected chi connectivity index (χ1v) is 7.99. The number of hydrogen-bond acceptors (Lipinski definition) is 4. The van der Waals surface area contributed by atoms with Gasteiger partial charge in [0.1, 0.15) is 0 Å². The minimum atomic E-state index is 0.306.